The van der Waals surface area contributed by atoms with Gasteiger partial charge in [-0.05, 0) is 17.9 Å². The number of rotatable bonds is 8. The zero-order valence-corrected chi connectivity index (χ0v) is 21.4. The van der Waals surface area contributed by atoms with Gasteiger partial charge in [-0.1, -0.05) is 27.7 Å². The van der Waals surface area contributed by atoms with Crippen molar-refractivity contribution in [1.29, 1.82) is 0 Å². The molecule has 0 aliphatic carbocycles. The van der Waals surface area contributed by atoms with Crippen molar-refractivity contribution in [2.75, 3.05) is 12.3 Å². The third-order valence-corrected chi connectivity index (χ3v) is 4.98. The van der Waals surface area contributed by atoms with Crippen LogP contribution in [-0.4, -0.2) is 52.4 Å². The number of hydrogen-bond acceptors (Lipinski definition) is 10. The second-order valence-corrected chi connectivity index (χ2v) is 8.05. The Morgan fingerprint density at radius 2 is 1.67 bits per heavy atom. The molecule has 1 aromatic rings. The summed E-state index contributed by atoms with van der Waals surface area (Å²) < 4.78 is 17.9. The van der Waals surface area contributed by atoms with Gasteiger partial charge in [-0.25, -0.2) is 4.79 Å². The molecule has 0 aromatic carbocycles. The summed E-state index contributed by atoms with van der Waals surface area (Å²) in [5.74, 6) is -1.34. The lowest BCUT2D eigenvalue weighted by Gasteiger charge is -2.22. The quantitative estimate of drug-likeness (QED) is 0.404. The van der Waals surface area contributed by atoms with Crippen LogP contribution in [-0.2, 0) is 23.8 Å². The summed E-state index contributed by atoms with van der Waals surface area (Å²) in [4.78, 5) is 40.3. The number of esters is 2. The fourth-order valence-electron chi connectivity index (χ4n) is 2.82. The highest BCUT2D eigenvalue weighted by Crippen LogP contribution is 2.31. The van der Waals surface area contributed by atoms with Crippen LogP contribution >= 0.6 is 37.2 Å². The van der Waals surface area contributed by atoms with Crippen LogP contribution in [0, 0.1) is 11.8 Å². The molecule has 0 radical (unpaired) electrons. The highest BCUT2D eigenvalue weighted by atomic mass is 35.5. The Bertz CT molecular complexity index is 825. The molecule has 1 saturated heterocycles. The maximum Gasteiger partial charge on any atom is 0.351 e. The first-order valence-corrected chi connectivity index (χ1v) is 9.89. The van der Waals surface area contributed by atoms with Crippen molar-refractivity contribution in [3.05, 3.63) is 22.7 Å². The number of carbonyl (C=O) groups excluding carboxylic acids is 2. The monoisotopic (exact) mass is 533 g/mol. The molecule has 1 fully saturated rings. The van der Waals surface area contributed by atoms with Crippen molar-refractivity contribution >= 4 is 55.0 Å². The molecule has 1 aromatic heterocycles. The summed E-state index contributed by atoms with van der Waals surface area (Å²) in [7, 11) is 0. The van der Waals surface area contributed by atoms with Crippen LogP contribution < -0.4 is 22.9 Å². The van der Waals surface area contributed by atoms with Crippen molar-refractivity contribution in [3.63, 3.8) is 0 Å². The average molecular weight is 535 g/mol. The lowest BCUT2D eigenvalue weighted by molar-refractivity contribution is -0.161. The number of ether oxygens (including phenoxy) is 3. The predicted molar refractivity (Wildman–Crippen MR) is 130 cm³/mol. The van der Waals surface area contributed by atoms with Gasteiger partial charge in [0.2, 0.25) is 0 Å². The molecule has 0 spiro atoms. The Labute approximate surface area is 211 Å². The molecule has 14 heteroatoms. The van der Waals surface area contributed by atoms with Crippen LogP contribution in [0.2, 0.25) is 0 Å². The molecular formula is C19H34Cl3N5O6. The van der Waals surface area contributed by atoms with E-state index in [4.69, 9.17) is 31.4 Å². The topological polar surface area (TPSA) is 175 Å². The molecule has 2 rings (SSSR count). The van der Waals surface area contributed by atoms with E-state index in [0.717, 1.165) is 0 Å². The van der Waals surface area contributed by atoms with Crippen molar-refractivity contribution in [3.8, 4) is 0 Å². The molecule has 33 heavy (non-hydrogen) atoms. The van der Waals surface area contributed by atoms with Gasteiger partial charge in [0.05, 0.1) is 0 Å². The minimum atomic E-state index is -0.817. The van der Waals surface area contributed by atoms with Gasteiger partial charge in [-0.2, -0.15) is 4.98 Å². The normalized spacial score (nSPS) is 21.3. The second-order valence-electron chi connectivity index (χ2n) is 8.05. The van der Waals surface area contributed by atoms with Gasteiger partial charge in [0.25, 0.3) is 0 Å². The van der Waals surface area contributed by atoms with E-state index >= 15 is 0 Å². The summed E-state index contributed by atoms with van der Waals surface area (Å²) >= 11 is 0. The highest BCUT2D eigenvalue weighted by Gasteiger charge is 2.41. The molecule has 0 amide bonds. The van der Waals surface area contributed by atoms with Gasteiger partial charge in [0, 0.05) is 12.6 Å². The Balaban J connectivity index is 0. The molecule has 2 heterocycles. The maximum atomic E-state index is 12.3. The fraction of sp³-hybridized carbons (Fsp3) is 0.684. The van der Waals surface area contributed by atoms with Crippen LogP contribution in [0.5, 0.6) is 0 Å². The van der Waals surface area contributed by atoms with E-state index in [9.17, 15) is 14.4 Å². The first-order valence-electron chi connectivity index (χ1n) is 9.89. The molecule has 11 nitrogen and oxygen atoms in total. The summed E-state index contributed by atoms with van der Waals surface area (Å²) in [6.45, 7) is 7.00. The van der Waals surface area contributed by atoms with Crippen molar-refractivity contribution < 1.29 is 23.8 Å². The first kappa shape index (κ1) is 33.5. The average Bonchev–Trinajstić information content (AvgIpc) is 3.06. The Morgan fingerprint density at radius 1 is 1.12 bits per heavy atom. The molecular weight excluding hydrogens is 501 g/mol. The summed E-state index contributed by atoms with van der Waals surface area (Å²) in [5.41, 5.74) is 16.6. The lowest BCUT2D eigenvalue weighted by atomic mass is 10.1. The van der Waals surface area contributed by atoms with E-state index in [1.54, 1.807) is 27.7 Å². The SMILES string of the molecule is CC(C)[C@H](N)C(=O)OC[C@@H]1O[C@H](n2ccc(N)nc2=O)C[C@H]1OC(=O)[C@@H](N)C(C)C.Cl.Cl.Cl. The van der Waals surface area contributed by atoms with E-state index in [0.29, 0.717) is 0 Å². The Kier molecular flexibility index (Phi) is 14.8. The van der Waals surface area contributed by atoms with Crippen LogP contribution in [0.15, 0.2) is 17.1 Å². The highest BCUT2D eigenvalue weighted by molar-refractivity contribution is 5.86. The van der Waals surface area contributed by atoms with Gasteiger partial charge in [0.1, 0.15) is 42.9 Å². The van der Waals surface area contributed by atoms with Gasteiger partial charge < -0.3 is 31.4 Å². The van der Waals surface area contributed by atoms with Crippen LogP contribution in [0.25, 0.3) is 0 Å². The maximum absolute atomic E-state index is 12.3. The van der Waals surface area contributed by atoms with E-state index in [-0.39, 0.29) is 67.9 Å². The van der Waals surface area contributed by atoms with Crippen molar-refractivity contribution in [2.45, 2.75) is 64.6 Å². The van der Waals surface area contributed by atoms with E-state index in [1.807, 2.05) is 0 Å². The van der Waals surface area contributed by atoms with E-state index in [2.05, 4.69) is 4.98 Å². The first-order chi connectivity index (χ1) is 14.0. The van der Waals surface area contributed by atoms with Crippen molar-refractivity contribution in [1.82, 2.24) is 9.55 Å². The van der Waals surface area contributed by atoms with Crippen LogP contribution in [0.4, 0.5) is 5.82 Å². The third kappa shape index (κ3) is 8.91. The summed E-state index contributed by atoms with van der Waals surface area (Å²) in [5, 5.41) is 0. The molecule has 1 aliphatic rings. The number of halogens is 3. The smallest absolute Gasteiger partial charge is 0.351 e. The minimum Gasteiger partial charge on any atom is -0.462 e. The van der Waals surface area contributed by atoms with E-state index < -0.39 is 48.1 Å². The molecule has 6 N–H and O–H groups in total. The fourth-order valence-corrected chi connectivity index (χ4v) is 2.82. The van der Waals surface area contributed by atoms with Gasteiger partial charge >= 0.3 is 17.6 Å². The zero-order valence-electron chi connectivity index (χ0n) is 18.9. The molecule has 0 saturated carbocycles. The standard InChI is InChI=1S/C19H31N5O6.3ClH/c1-9(2)15(21)17(25)28-8-12-11(30-18(26)16(22)10(3)4)7-14(29-12)24-6-5-13(20)23-19(24)27;;;/h5-6,9-12,14-16H,7-8,21-22H2,1-4H3,(H2,20,23,27);3*1H/t11-,12+,14+,15+,16+;;;/m1.../s1. The largest absolute Gasteiger partial charge is 0.462 e. The number of nitrogens with two attached hydrogens (primary N) is 3. The molecule has 192 valence electrons. The number of aromatic nitrogens is 2. The van der Waals surface area contributed by atoms with Gasteiger partial charge in [-0.3, -0.25) is 14.2 Å². The van der Waals surface area contributed by atoms with E-state index in [1.165, 1.54) is 16.8 Å². The number of nitrogen functional groups attached to an aromatic ring is 1. The molecule has 5 atom stereocenters. The number of nitrogens with zero attached hydrogens (tertiary/aromatic N) is 2. The molecule has 0 unspecified atom stereocenters. The lowest BCUT2D eigenvalue weighted by Crippen LogP contribution is -2.42. The number of anilines is 1. The Morgan fingerprint density at radius 3 is 2.18 bits per heavy atom. The number of hydrogen-bond donors (Lipinski definition) is 3. The zero-order chi connectivity index (χ0) is 22.6. The second kappa shape index (κ2) is 14.6. The van der Waals surface area contributed by atoms with Crippen molar-refractivity contribution in [2.24, 2.45) is 23.3 Å². The molecule has 1 aliphatic heterocycles. The summed E-state index contributed by atoms with van der Waals surface area (Å²) in [6, 6.07) is -0.154. The minimum absolute atomic E-state index is 0. The van der Waals surface area contributed by atoms with Gasteiger partial charge in [0.15, 0.2) is 0 Å². The third-order valence-electron chi connectivity index (χ3n) is 4.98. The van der Waals surface area contributed by atoms with Crippen LogP contribution in [0.3, 0.4) is 0 Å². The summed E-state index contributed by atoms with van der Waals surface area (Å²) in [6.07, 6.45) is -0.760. The predicted octanol–water partition coefficient (Wildman–Crippen LogP) is 0.800. The van der Waals surface area contributed by atoms with Crippen LogP contribution in [0.1, 0.15) is 40.3 Å². The molecule has 0 bridgehead atoms. The van der Waals surface area contributed by atoms with Gasteiger partial charge in [-0.15, -0.1) is 37.2 Å². The number of carbonyl (C=O) groups is 2. The Hall–Kier alpha value is -1.63.